The van der Waals surface area contributed by atoms with E-state index in [1.807, 2.05) is 6.92 Å². The van der Waals surface area contributed by atoms with Crippen LogP contribution < -0.4 is 4.74 Å². The first kappa shape index (κ1) is 25.5. The van der Waals surface area contributed by atoms with E-state index in [9.17, 15) is 23.4 Å². The molecule has 3 atom stereocenters. The summed E-state index contributed by atoms with van der Waals surface area (Å²) >= 11 is 0. The molecule has 0 spiro atoms. The number of aliphatic hydroxyl groups is 2. The molecule has 1 heterocycles. The number of rotatable bonds is 5. The maximum Gasteiger partial charge on any atom is 0.247 e. The van der Waals surface area contributed by atoms with Crippen molar-refractivity contribution >= 4 is 15.9 Å². The molecule has 1 aliphatic carbocycles. The van der Waals surface area contributed by atoms with Crippen molar-refractivity contribution in [3.05, 3.63) is 23.8 Å². The minimum absolute atomic E-state index is 0.00955. The summed E-state index contributed by atoms with van der Waals surface area (Å²) in [5.41, 5.74) is -0.699. The molecular formula is C24H34N2O6S. The average Bonchev–Trinajstić information content (AvgIpc) is 3.58. The van der Waals surface area contributed by atoms with Gasteiger partial charge in [0.05, 0.1) is 13.2 Å². The van der Waals surface area contributed by atoms with Crippen molar-refractivity contribution in [1.82, 2.24) is 9.21 Å². The SMILES string of the molecule is C[C@@H]1CN([C@H](C)CO)S(=O)(=O)c2ccc(C#CC(C)(C)O)cc2O[C@@H]1CN(C)C(=O)C1CC1. The van der Waals surface area contributed by atoms with Gasteiger partial charge in [0.1, 0.15) is 22.4 Å². The number of benzene rings is 1. The van der Waals surface area contributed by atoms with Crippen LogP contribution in [0.25, 0.3) is 0 Å². The Morgan fingerprint density at radius 2 is 2.03 bits per heavy atom. The molecule has 33 heavy (non-hydrogen) atoms. The molecule has 0 saturated heterocycles. The van der Waals surface area contributed by atoms with Crippen molar-refractivity contribution < 1.29 is 28.2 Å². The van der Waals surface area contributed by atoms with E-state index in [0.29, 0.717) is 12.1 Å². The summed E-state index contributed by atoms with van der Waals surface area (Å²) in [6, 6.07) is 3.96. The van der Waals surface area contributed by atoms with Gasteiger partial charge in [0.15, 0.2) is 0 Å². The fraction of sp³-hybridized carbons (Fsp3) is 0.625. The highest BCUT2D eigenvalue weighted by Crippen LogP contribution is 2.35. The smallest absolute Gasteiger partial charge is 0.247 e. The van der Waals surface area contributed by atoms with Crippen molar-refractivity contribution in [2.75, 3.05) is 26.7 Å². The first-order chi connectivity index (χ1) is 15.3. The lowest BCUT2D eigenvalue weighted by Gasteiger charge is -2.37. The highest BCUT2D eigenvalue weighted by Gasteiger charge is 2.39. The zero-order chi connectivity index (χ0) is 24.6. The van der Waals surface area contributed by atoms with E-state index in [1.54, 1.807) is 44.9 Å². The van der Waals surface area contributed by atoms with Gasteiger partial charge in [0.25, 0.3) is 0 Å². The van der Waals surface area contributed by atoms with Crippen LogP contribution in [0.5, 0.6) is 5.75 Å². The Hall–Kier alpha value is -2.12. The number of likely N-dealkylation sites (N-methyl/N-ethyl adjacent to an activating group) is 1. The van der Waals surface area contributed by atoms with Crippen LogP contribution in [-0.4, -0.2) is 78.2 Å². The molecular weight excluding hydrogens is 444 g/mol. The maximum atomic E-state index is 13.5. The van der Waals surface area contributed by atoms with Crippen LogP contribution in [0.2, 0.25) is 0 Å². The number of nitrogens with zero attached hydrogens (tertiary/aromatic N) is 2. The lowest BCUT2D eigenvalue weighted by atomic mass is 10.0. The van der Waals surface area contributed by atoms with Crippen LogP contribution in [0.1, 0.15) is 46.1 Å². The lowest BCUT2D eigenvalue weighted by Crippen LogP contribution is -2.50. The largest absolute Gasteiger partial charge is 0.487 e. The second-order valence-electron chi connectivity index (χ2n) is 9.70. The Bertz CT molecular complexity index is 1050. The fourth-order valence-electron chi connectivity index (χ4n) is 3.75. The van der Waals surface area contributed by atoms with Gasteiger partial charge < -0.3 is 19.8 Å². The summed E-state index contributed by atoms with van der Waals surface area (Å²) in [7, 11) is -2.21. The third-order valence-electron chi connectivity index (χ3n) is 5.94. The third kappa shape index (κ3) is 6.07. The van der Waals surface area contributed by atoms with E-state index < -0.39 is 27.8 Å². The Balaban J connectivity index is 2.04. The number of carbonyl (C=O) groups is 1. The molecule has 3 rings (SSSR count). The minimum Gasteiger partial charge on any atom is -0.487 e. The van der Waals surface area contributed by atoms with Crippen LogP contribution in [0.4, 0.5) is 0 Å². The Kier molecular flexibility index (Phi) is 7.44. The van der Waals surface area contributed by atoms with E-state index in [-0.39, 0.29) is 41.5 Å². The van der Waals surface area contributed by atoms with Crippen molar-refractivity contribution in [2.45, 2.75) is 63.2 Å². The topological polar surface area (TPSA) is 107 Å². The maximum absolute atomic E-state index is 13.5. The first-order valence-corrected chi connectivity index (χ1v) is 12.7. The number of carbonyl (C=O) groups excluding carboxylic acids is 1. The number of hydrogen-bond acceptors (Lipinski definition) is 6. The molecule has 1 amide bonds. The Morgan fingerprint density at radius 1 is 1.36 bits per heavy atom. The zero-order valence-electron chi connectivity index (χ0n) is 19.9. The van der Waals surface area contributed by atoms with Gasteiger partial charge in [-0.25, -0.2) is 8.42 Å². The molecule has 2 aliphatic rings. The number of fused-ring (bicyclic) bond motifs is 1. The van der Waals surface area contributed by atoms with Gasteiger partial charge in [-0.15, -0.1) is 0 Å². The quantitative estimate of drug-likeness (QED) is 0.621. The van der Waals surface area contributed by atoms with Gasteiger partial charge in [-0.1, -0.05) is 18.8 Å². The summed E-state index contributed by atoms with van der Waals surface area (Å²) in [5.74, 6) is 5.63. The highest BCUT2D eigenvalue weighted by atomic mass is 32.2. The molecule has 1 aromatic rings. The van der Waals surface area contributed by atoms with E-state index >= 15 is 0 Å². The van der Waals surface area contributed by atoms with Crippen molar-refractivity contribution in [3.8, 4) is 17.6 Å². The summed E-state index contributed by atoms with van der Waals surface area (Å²) in [4.78, 5) is 14.2. The number of aliphatic hydroxyl groups excluding tert-OH is 1. The highest BCUT2D eigenvalue weighted by molar-refractivity contribution is 7.89. The van der Waals surface area contributed by atoms with Crippen molar-refractivity contribution in [2.24, 2.45) is 11.8 Å². The molecule has 0 unspecified atom stereocenters. The standard InChI is InChI=1S/C24H34N2O6S/c1-16-13-26(17(2)15-27)33(30,31)22-9-6-18(10-11-24(3,4)29)12-20(22)32-21(16)14-25(5)23(28)19-7-8-19/h6,9,12,16-17,19,21,27,29H,7-8,13-15H2,1-5H3/t16-,17-,21-/m1/s1. The molecule has 1 saturated carbocycles. The molecule has 8 nitrogen and oxygen atoms in total. The molecule has 1 aliphatic heterocycles. The lowest BCUT2D eigenvalue weighted by molar-refractivity contribution is -0.132. The zero-order valence-corrected chi connectivity index (χ0v) is 20.7. The summed E-state index contributed by atoms with van der Waals surface area (Å²) in [6.07, 6.45) is 1.34. The monoisotopic (exact) mass is 478 g/mol. The van der Waals surface area contributed by atoms with Crippen LogP contribution in [0.3, 0.4) is 0 Å². The van der Waals surface area contributed by atoms with Gasteiger partial charge in [-0.05, 0) is 51.8 Å². The normalized spacial score (nSPS) is 23.7. The second kappa shape index (κ2) is 9.63. The fourth-order valence-corrected chi connectivity index (χ4v) is 5.57. The van der Waals surface area contributed by atoms with Gasteiger partial charge in [-0.3, -0.25) is 4.79 Å². The van der Waals surface area contributed by atoms with E-state index in [4.69, 9.17) is 4.74 Å². The Labute approximate surface area is 196 Å². The number of sulfonamides is 1. The van der Waals surface area contributed by atoms with E-state index in [1.165, 1.54) is 10.4 Å². The number of amides is 1. The van der Waals surface area contributed by atoms with E-state index in [2.05, 4.69) is 11.8 Å². The van der Waals surface area contributed by atoms with Gasteiger partial charge >= 0.3 is 0 Å². The summed E-state index contributed by atoms with van der Waals surface area (Å²) in [5, 5.41) is 19.6. The molecule has 0 aromatic heterocycles. The Morgan fingerprint density at radius 3 is 2.61 bits per heavy atom. The molecule has 9 heteroatoms. The minimum atomic E-state index is -3.95. The van der Waals surface area contributed by atoms with Crippen LogP contribution >= 0.6 is 0 Å². The summed E-state index contributed by atoms with van der Waals surface area (Å²) < 4.78 is 34.5. The first-order valence-electron chi connectivity index (χ1n) is 11.3. The molecule has 2 N–H and O–H groups in total. The van der Waals surface area contributed by atoms with Crippen LogP contribution in [0.15, 0.2) is 23.1 Å². The van der Waals surface area contributed by atoms with Gasteiger partial charge in [0.2, 0.25) is 15.9 Å². The molecule has 182 valence electrons. The molecule has 1 aromatic carbocycles. The predicted molar refractivity (Wildman–Crippen MR) is 124 cm³/mol. The van der Waals surface area contributed by atoms with Crippen LogP contribution in [-0.2, 0) is 14.8 Å². The number of hydrogen-bond donors (Lipinski definition) is 2. The van der Waals surface area contributed by atoms with Gasteiger partial charge in [0, 0.05) is 37.0 Å². The van der Waals surface area contributed by atoms with Crippen molar-refractivity contribution in [1.29, 1.82) is 0 Å². The molecule has 1 fully saturated rings. The van der Waals surface area contributed by atoms with Gasteiger partial charge in [-0.2, -0.15) is 4.31 Å². The van der Waals surface area contributed by atoms with E-state index in [0.717, 1.165) is 12.8 Å². The third-order valence-corrected chi connectivity index (χ3v) is 7.96. The number of ether oxygens (including phenoxy) is 1. The van der Waals surface area contributed by atoms with Crippen molar-refractivity contribution in [3.63, 3.8) is 0 Å². The second-order valence-corrected chi connectivity index (χ2v) is 11.6. The average molecular weight is 479 g/mol. The molecule has 0 bridgehead atoms. The predicted octanol–water partition coefficient (Wildman–Crippen LogP) is 1.45. The molecule has 0 radical (unpaired) electrons. The summed E-state index contributed by atoms with van der Waals surface area (Å²) in [6.45, 7) is 6.82. The van der Waals surface area contributed by atoms with Crippen LogP contribution in [0, 0.1) is 23.7 Å².